The first-order valence-electron chi connectivity index (χ1n) is 9.82. The van der Waals surface area contributed by atoms with Gasteiger partial charge in [0.05, 0.1) is 6.61 Å². The maximum atomic E-state index is 13.0. The highest BCUT2D eigenvalue weighted by molar-refractivity contribution is 6.35. The molecule has 3 aromatic rings. The molecule has 0 heterocycles. The third kappa shape index (κ3) is 6.63. The molecule has 0 radical (unpaired) electrons. The van der Waals surface area contributed by atoms with E-state index in [0.29, 0.717) is 41.3 Å². The predicted molar refractivity (Wildman–Crippen MR) is 120 cm³/mol. The van der Waals surface area contributed by atoms with Gasteiger partial charge < -0.3 is 14.8 Å². The van der Waals surface area contributed by atoms with Crippen LogP contribution in [0.2, 0.25) is 10.0 Å². The summed E-state index contributed by atoms with van der Waals surface area (Å²) in [4.78, 5) is 0. The van der Waals surface area contributed by atoms with Crippen LogP contribution in [0.1, 0.15) is 23.6 Å². The minimum atomic E-state index is -0.212. The molecule has 0 saturated heterocycles. The second kappa shape index (κ2) is 11.2. The second-order valence-electron chi connectivity index (χ2n) is 6.79. The largest absolute Gasteiger partial charge is 0.490 e. The van der Waals surface area contributed by atoms with E-state index in [1.165, 1.54) is 12.1 Å². The monoisotopic (exact) mass is 447 g/mol. The third-order valence-corrected chi connectivity index (χ3v) is 5.13. The van der Waals surface area contributed by atoms with Crippen molar-refractivity contribution in [3.8, 4) is 11.5 Å². The summed E-state index contributed by atoms with van der Waals surface area (Å²) in [6, 6.07) is 17.8. The number of ether oxygens (including phenoxy) is 2. The Hall–Kier alpha value is -2.27. The van der Waals surface area contributed by atoms with Crippen LogP contribution in [-0.2, 0) is 19.6 Å². The first-order chi connectivity index (χ1) is 14.5. The van der Waals surface area contributed by atoms with E-state index in [0.717, 1.165) is 29.7 Å². The zero-order valence-corrected chi connectivity index (χ0v) is 18.3. The van der Waals surface area contributed by atoms with E-state index in [2.05, 4.69) is 5.32 Å². The number of halogens is 3. The lowest BCUT2D eigenvalue weighted by Crippen LogP contribution is -2.16. The van der Waals surface area contributed by atoms with Crippen LogP contribution in [0.5, 0.6) is 11.5 Å². The molecule has 3 aromatic carbocycles. The van der Waals surface area contributed by atoms with Crippen molar-refractivity contribution < 1.29 is 13.9 Å². The summed E-state index contributed by atoms with van der Waals surface area (Å²) >= 11 is 12.2. The molecule has 3 rings (SSSR count). The van der Waals surface area contributed by atoms with Gasteiger partial charge in [0, 0.05) is 22.2 Å². The molecule has 6 heteroatoms. The Balaban J connectivity index is 1.56. The van der Waals surface area contributed by atoms with E-state index in [1.807, 2.05) is 43.3 Å². The maximum Gasteiger partial charge on any atom is 0.161 e. The number of hydrogen-bond acceptors (Lipinski definition) is 3. The van der Waals surface area contributed by atoms with Crippen LogP contribution in [0, 0.1) is 5.82 Å². The lowest BCUT2D eigenvalue weighted by molar-refractivity contribution is 0.269. The summed E-state index contributed by atoms with van der Waals surface area (Å²) in [6.07, 6.45) is 0.835. The predicted octanol–water partition coefficient (Wildman–Crippen LogP) is 6.44. The first kappa shape index (κ1) is 22.4. The molecular weight excluding hydrogens is 424 g/mol. The van der Waals surface area contributed by atoms with Crippen LogP contribution in [0.4, 0.5) is 4.39 Å². The average Bonchev–Trinajstić information content (AvgIpc) is 2.73. The van der Waals surface area contributed by atoms with Crippen molar-refractivity contribution >= 4 is 23.2 Å². The average molecular weight is 448 g/mol. The molecule has 158 valence electrons. The van der Waals surface area contributed by atoms with Gasteiger partial charge in [0.25, 0.3) is 0 Å². The molecule has 0 atom stereocenters. The highest BCUT2D eigenvalue weighted by Crippen LogP contribution is 2.30. The number of nitrogens with one attached hydrogen (secondary N) is 1. The fourth-order valence-corrected chi connectivity index (χ4v) is 3.42. The third-order valence-electron chi connectivity index (χ3n) is 4.54. The molecule has 0 aromatic heterocycles. The Kier molecular flexibility index (Phi) is 8.38. The Morgan fingerprint density at radius 3 is 2.37 bits per heavy atom. The van der Waals surface area contributed by atoms with E-state index in [9.17, 15) is 4.39 Å². The van der Waals surface area contributed by atoms with Gasteiger partial charge in [-0.15, -0.1) is 0 Å². The van der Waals surface area contributed by atoms with Crippen LogP contribution < -0.4 is 14.8 Å². The van der Waals surface area contributed by atoms with Gasteiger partial charge in [-0.25, -0.2) is 4.39 Å². The molecule has 0 spiro atoms. The smallest absolute Gasteiger partial charge is 0.161 e. The van der Waals surface area contributed by atoms with Gasteiger partial charge in [0.2, 0.25) is 0 Å². The fourth-order valence-electron chi connectivity index (χ4n) is 2.96. The molecule has 30 heavy (non-hydrogen) atoms. The molecule has 1 N–H and O–H groups in total. The lowest BCUT2D eigenvalue weighted by atomic mass is 10.1. The van der Waals surface area contributed by atoms with E-state index in [-0.39, 0.29) is 5.82 Å². The van der Waals surface area contributed by atoms with Crippen molar-refractivity contribution in [3.05, 3.63) is 93.2 Å². The van der Waals surface area contributed by atoms with Crippen LogP contribution in [0.15, 0.2) is 60.7 Å². The fraction of sp³-hybridized carbons (Fsp3) is 0.250. The highest BCUT2D eigenvalue weighted by Gasteiger charge is 2.09. The van der Waals surface area contributed by atoms with Gasteiger partial charge >= 0.3 is 0 Å². The Labute approximate surface area is 186 Å². The molecule has 0 unspecified atom stereocenters. The highest BCUT2D eigenvalue weighted by atomic mass is 35.5. The summed E-state index contributed by atoms with van der Waals surface area (Å²) in [5.41, 5.74) is 3.05. The minimum Gasteiger partial charge on any atom is -0.490 e. The van der Waals surface area contributed by atoms with Crippen molar-refractivity contribution in [2.45, 2.75) is 26.5 Å². The number of benzene rings is 3. The maximum absolute atomic E-state index is 13.0. The van der Waals surface area contributed by atoms with Gasteiger partial charge in [0.1, 0.15) is 12.4 Å². The van der Waals surface area contributed by atoms with Crippen LogP contribution in [0.3, 0.4) is 0 Å². The van der Waals surface area contributed by atoms with E-state index in [1.54, 1.807) is 12.1 Å². The van der Waals surface area contributed by atoms with E-state index < -0.39 is 0 Å². The molecule has 0 bridgehead atoms. The topological polar surface area (TPSA) is 30.5 Å². The van der Waals surface area contributed by atoms with Gasteiger partial charge in [-0.05, 0) is 67.4 Å². The molecule has 3 nitrogen and oxygen atoms in total. The molecule has 0 fully saturated rings. The van der Waals surface area contributed by atoms with Crippen molar-refractivity contribution in [3.63, 3.8) is 0 Å². The Bertz CT molecular complexity index is 964. The lowest BCUT2D eigenvalue weighted by Gasteiger charge is -2.14. The van der Waals surface area contributed by atoms with Crippen LogP contribution in [-0.4, -0.2) is 13.2 Å². The van der Waals surface area contributed by atoms with Crippen molar-refractivity contribution in [2.75, 3.05) is 13.2 Å². The van der Waals surface area contributed by atoms with Crippen molar-refractivity contribution in [1.82, 2.24) is 5.32 Å². The van der Waals surface area contributed by atoms with E-state index >= 15 is 0 Å². The molecule has 0 aliphatic rings. The summed E-state index contributed by atoms with van der Waals surface area (Å²) in [5, 5.41) is 4.57. The normalized spacial score (nSPS) is 10.8. The van der Waals surface area contributed by atoms with Gasteiger partial charge in [-0.3, -0.25) is 0 Å². The van der Waals surface area contributed by atoms with Crippen LogP contribution in [0.25, 0.3) is 0 Å². The Morgan fingerprint density at radius 2 is 1.63 bits per heavy atom. The summed E-state index contributed by atoms with van der Waals surface area (Å²) in [7, 11) is 0. The standard InChI is InChI=1S/C24H24Cl2FNO2/c1-2-29-24-13-18(15-28-12-11-17-3-8-21(27)9-4-17)5-10-23(24)30-16-19-6-7-20(25)14-22(19)26/h3-10,13-14,28H,2,11-12,15-16H2,1H3. The zero-order chi connectivity index (χ0) is 21.3. The van der Waals surface area contributed by atoms with Gasteiger partial charge in [-0.2, -0.15) is 0 Å². The van der Waals surface area contributed by atoms with Crippen molar-refractivity contribution in [1.29, 1.82) is 0 Å². The molecular formula is C24H24Cl2FNO2. The molecule has 0 amide bonds. The van der Waals surface area contributed by atoms with Crippen LogP contribution >= 0.6 is 23.2 Å². The van der Waals surface area contributed by atoms with E-state index in [4.69, 9.17) is 32.7 Å². The number of hydrogen-bond donors (Lipinski definition) is 1. The SMILES string of the molecule is CCOc1cc(CNCCc2ccc(F)cc2)ccc1OCc1ccc(Cl)cc1Cl. The zero-order valence-electron chi connectivity index (χ0n) is 16.8. The Morgan fingerprint density at radius 1 is 0.867 bits per heavy atom. The summed E-state index contributed by atoms with van der Waals surface area (Å²) in [5.74, 6) is 1.15. The molecule has 0 saturated carbocycles. The quantitative estimate of drug-likeness (QED) is 0.362. The summed E-state index contributed by atoms with van der Waals surface area (Å²) < 4.78 is 24.7. The van der Waals surface area contributed by atoms with Crippen molar-refractivity contribution in [2.24, 2.45) is 0 Å². The second-order valence-corrected chi connectivity index (χ2v) is 7.64. The number of rotatable bonds is 10. The summed E-state index contributed by atoms with van der Waals surface area (Å²) in [6.45, 7) is 4.30. The van der Waals surface area contributed by atoms with Gasteiger partial charge in [0.15, 0.2) is 11.5 Å². The minimum absolute atomic E-state index is 0.212. The van der Waals surface area contributed by atoms with Gasteiger partial charge in [-0.1, -0.05) is 47.5 Å². The molecule has 0 aliphatic carbocycles. The first-order valence-corrected chi connectivity index (χ1v) is 10.6. The molecule has 0 aliphatic heterocycles.